The number of hydrogen-bond acceptors (Lipinski definition) is 4. The van der Waals surface area contributed by atoms with E-state index >= 15 is 0 Å². The Bertz CT molecular complexity index is 550. The monoisotopic (exact) mass is 372 g/mol. The number of unbranched alkanes of at least 4 members (excludes halogenated alkanes) is 5. The van der Waals surface area contributed by atoms with E-state index in [2.05, 4.69) is 6.92 Å². The molecule has 0 fully saturated rings. The highest BCUT2D eigenvalue weighted by molar-refractivity contribution is 6.37. The minimum Gasteiger partial charge on any atom is -0.463 e. The van der Waals surface area contributed by atoms with Crippen molar-refractivity contribution in [1.82, 2.24) is 0 Å². The maximum absolute atomic E-state index is 11.7. The van der Waals surface area contributed by atoms with Crippen LogP contribution in [0, 0.1) is 0 Å². The van der Waals surface area contributed by atoms with Crippen LogP contribution in [0.15, 0.2) is 30.4 Å². The zero-order chi connectivity index (χ0) is 17.8. The lowest BCUT2D eigenvalue weighted by Gasteiger charge is -2.05. The van der Waals surface area contributed by atoms with Crippen LogP contribution in [0.4, 0.5) is 0 Å². The Morgan fingerprint density at radius 2 is 1.54 bits per heavy atom. The zero-order valence-corrected chi connectivity index (χ0v) is 15.2. The van der Waals surface area contributed by atoms with Gasteiger partial charge >= 0.3 is 11.9 Å². The second-order valence-electron chi connectivity index (χ2n) is 5.24. The highest BCUT2D eigenvalue weighted by Gasteiger charge is 2.10. The van der Waals surface area contributed by atoms with E-state index in [1.165, 1.54) is 19.3 Å². The van der Waals surface area contributed by atoms with Crippen molar-refractivity contribution in [3.05, 3.63) is 40.4 Å². The van der Waals surface area contributed by atoms with E-state index in [0.29, 0.717) is 6.61 Å². The molecule has 1 aromatic rings. The molecule has 0 aliphatic carbocycles. The number of carbonyl (C=O) groups is 2. The van der Waals surface area contributed by atoms with Gasteiger partial charge in [-0.2, -0.15) is 0 Å². The van der Waals surface area contributed by atoms with Crippen LogP contribution < -0.4 is 4.74 Å². The van der Waals surface area contributed by atoms with Crippen molar-refractivity contribution in [3.8, 4) is 5.75 Å². The fourth-order valence-electron chi connectivity index (χ4n) is 1.95. The molecule has 0 saturated carbocycles. The van der Waals surface area contributed by atoms with E-state index in [4.69, 9.17) is 32.7 Å². The van der Waals surface area contributed by atoms with Crippen LogP contribution in [-0.4, -0.2) is 18.5 Å². The zero-order valence-electron chi connectivity index (χ0n) is 13.7. The number of rotatable bonds is 10. The normalized spacial score (nSPS) is 10.8. The molecule has 0 aliphatic rings. The van der Waals surface area contributed by atoms with Gasteiger partial charge in [-0.25, -0.2) is 9.59 Å². The van der Waals surface area contributed by atoms with Gasteiger partial charge in [0.2, 0.25) is 0 Å². The van der Waals surface area contributed by atoms with Crippen LogP contribution >= 0.6 is 23.2 Å². The molecular weight excluding hydrogens is 351 g/mol. The number of halogens is 2. The molecule has 24 heavy (non-hydrogen) atoms. The van der Waals surface area contributed by atoms with Gasteiger partial charge in [0.25, 0.3) is 0 Å². The van der Waals surface area contributed by atoms with E-state index in [9.17, 15) is 9.59 Å². The smallest absolute Gasteiger partial charge is 0.336 e. The fraction of sp³-hybridized carbons (Fsp3) is 0.444. The molecule has 1 aromatic carbocycles. The van der Waals surface area contributed by atoms with Crippen LogP contribution in [0.25, 0.3) is 0 Å². The van der Waals surface area contributed by atoms with Crippen molar-refractivity contribution in [3.63, 3.8) is 0 Å². The summed E-state index contributed by atoms with van der Waals surface area (Å²) in [4.78, 5) is 23.2. The van der Waals surface area contributed by atoms with Crippen LogP contribution in [0.1, 0.15) is 45.4 Å². The lowest BCUT2D eigenvalue weighted by Crippen LogP contribution is -2.07. The van der Waals surface area contributed by atoms with Gasteiger partial charge in [0.1, 0.15) is 0 Å². The van der Waals surface area contributed by atoms with Gasteiger partial charge < -0.3 is 9.47 Å². The molecule has 0 aromatic heterocycles. The molecule has 1 rings (SSSR count). The lowest BCUT2D eigenvalue weighted by atomic mass is 10.1. The summed E-state index contributed by atoms with van der Waals surface area (Å²) in [7, 11) is 0. The predicted molar refractivity (Wildman–Crippen MR) is 95.6 cm³/mol. The molecule has 132 valence electrons. The summed E-state index contributed by atoms with van der Waals surface area (Å²) in [6.07, 6.45) is 8.67. The molecule has 0 aliphatic heterocycles. The lowest BCUT2D eigenvalue weighted by molar-refractivity contribution is -0.138. The molecule has 4 nitrogen and oxygen atoms in total. The first-order valence-electron chi connectivity index (χ1n) is 8.05. The van der Waals surface area contributed by atoms with Crippen molar-refractivity contribution in [1.29, 1.82) is 0 Å². The summed E-state index contributed by atoms with van der Waals surface area (Å²) in [5, 5.41) is 0.435. The van der Waals surface area contributed by atoms with Crippen LogP contribution in [0.2, 0.25) is 10.0 Å². The predicted octanol–water partition coefficient (Wildman–Crippen LogP) is 5.36. The van der Waals surface area contributed by atoms with E-state index < -0.39 is 11.9 Å². The summed E-state index contributed by atoms with van der Waals surface area (Å²) in [6, 6.07) is 4.74. The molecule has 0 N–H and O–H groups in total. The van der Waals surface area contributed by atoms with Gasteiger partial charge in [-0.05, 0) is 18.6 Å². The van der Waals surface area contributed by atoms with Crippen molar-refractivity contribution in [2.75, 3.05) is 6.61 Å². The van der Waals surface area contributed by atoms with Gasteiger partial charge in [0.05, 0.1) is 16.7 Å². The Morgan fingerprint density at radius 1 is 0.958 bits per heavy atom. The maximum Gasteiger partial charge on any atom is 0.336 e. The second-order valence-corrected chi connectivity index (χ2v) is 6.05. The minimum absolute atomic E-state index is 0.0657. The van der Waals surface area contributed by atoms with Gasteiger partial charge in [-0.15, -0.1) is 0 Å². The first-order chi connectivity index (χ1) is 11.5. The van der Waals surface area contributed by atoms with Crippen LogP contribution in [0.5, 0.6) is 5.75 Å². The average Bonchev–Trinajstić information content (AvgIpc) is 2.55. The summed E-state index contributed by atoms with van der Waals surface area (Å²) in [5.41, 5.74) is 0. The maximum atomic E-state index is 11.7. The van der Waals surface area contributed by atoms with Gasteiger partial charge in [0.15, 0.2) is 5.75 Å². The van der Waals surface area contributed by atoms with Gasteiger partial charge in [0, 0.05) is 12.2 Å². The van der Waals surface area contributed by atoms with E-state index in [1.807, 2.05) is 0 Å². The Kier molecular flexibility index (Phi) is 10.2. The standard InChI is InChI=1S/C18H22Cl2O4/c1-2-3-4-5-6-7-13-23-16(21)11-12-17(22)24-18-14(19)9-8-10-15(18)20/h8-12H,2-7,13H2,1H3/b12-11+. The molecule has 0 unspecified atom stereocenters. The molecule has 0 spiro atoms. The summed E-state index contributed by atoms with van der Waals surface area (Å²) >= 11 is 11.8. The molecule has 0 heterocycles. The Labute approximate surface area is 152 Å². The third-order valence-corrected chi connectivity index (χ3v) is 3.81. The Morgan fingerprint density at radius 3 is 2.21 bits per heavy atom. The Balaban J connectivity index is 2.27. The van der Waals surface area contributed by atoms with E-state index in [1.54, 1.807) is 18.2 Å². The molecule has 0 amide bonds. The highest BCUT2D eigenvalue weighted by atomic mass is 35.5. The average molecular weight is 373 g/mol. The number of ether oxygens (including phenoxy) is 2. The SMILES string of the molecule is CCCCCCCCOC(=O)/C=C/C(=O)Oc1c(Cl)cccc1Cl. The third-order valence-electron chi connectivity index (χ3n) is 3.22. The van der Waals surface area contributed by atoms with Crippen LogP contribution in [-0.2, 0) is 14.3 Å². The molecular formula is C18H22Cl2O4. The minimum atomic E-state index is -0.749. The number of hydrogen-bond donors (Lipinski definition) is 0. The van der Waals surface area contributed by atoms with Crippen molar-refractivity contribution < 1.29 is 19.1 Å². The van der Waals surface area contributed by atoms with Crippen LogP contribution in [0.3, 0.4) is 0 Å². The largest absolute Gasteiger partial charge is 0.463 e. The second kappa shape index (κ2) is 11.9. The fourth-order valence-corrected chi connectivity index (χ4v) is 2.43. The first-order valence-corrected chi connectivity index (χ1v) is 8.80. The van der Waals surface area contributed by atoms with Crippen molar-refractivity contribution >= 4 is 35.1 Å². The van der Waals surface area contributed by atoms with E-state index in [0.717, 1.165) is 31.4 Å². The number of esters is 2. The van der Waals surface area contributed by atoms with Crippen molar-refractivity contribution in [2.24, 2.45) is 0 Å². The highest BCUT2D eigenvalue weighted by Crippen LogP contribution is 2.32. The first kappa shape index (κ1) is 20.5. The summed E-state index contributed by atoms with van der Waals surface area (Å²) in [5.74, 6) is -1.26. The van der Waals surface area contributed by atoms with Crippen molar-refractivity contribution in [2.45, 2.75) is 45.4 Å². The topological polar surface area (TPSA) is 52.6 Å². The summed E-state index contributed by atoms with van der Waals surface area (Å²) < 4.78 is 10.0. The molecule has 6 heteroatoms. The number of para-hydroxylation sites is 1. The van der Waals surface area contributed by atoms with Gasteiger partial charge in [-0.3, -0.25) is 0 Å². The molecule has 0 radical (unpaired) electrons. The molecule has 0 bridgehead atoms. The quantitative estimate of drug-likeness (QED) is 0.240. The van der Waals surface area contributed by atoms with E-state index in [-0.39, 0.29) is 15.8 Å². The Hall–Kier alpha value is -1.52. The number of benzene rings is 1. The van der Waals surface area contributed by atoms with Gasteiger partial charge in [-0.1, -0.05) is 68.3 Å². The summed E-state index contributed by atoms with van der Waals surface area (Å²) in [6.45, 7) is 2.51. The molecule has 0 atom stereocenters. The third kappa shape index (κ3) is 8.37. The molecule has 0 saturated heterocycles. The number of carbonyl (C=O) groups excluding carboxylic acids is 2.